The predicted molar refractivity (Wildman–Crippen MR) is 73.8 cm³/mol. The van der Waals surface area contributed by atoms with Gasteiger partial charge in [-0.2, -0.15) is 0 Å². The van der Waals surface area contributed by atoms with Gasteiger partial charge in [-0.05, 0) is 17.7 Å². The number of hydrogen-bond acceptors (Lipinski definition) is 5. The molecule has 1 aromatic carbocycles. The van der Waals surface area contributed by atoms with Gasteiger partial charge in [-0.3, -0.25) is 0 Å². The van der Waals surface area contributed by atoms with Gasteiger partial charge in [0.15, 0.2) is 0 Å². The molecule has 6 nitrogen and oxygen atoms in total. The molecule has 1 aliphatic heterocycles. The third kappa shape index (κ3) is 2.40. The van der Waals surface area contributed by atoms with E-state index in [9.17, 15) is 4.79 Å². The van der Waals surface area contributed by atoms with Crippen molar-refractivity contribution in [2.75, 3.05) is 13.7 Å². The lowest BCUT2D eigenvalue weighted by atomic mass is 10.1. The van der Waals surface area contributed by atoms with Gasteiger partial charge in [0.25, 0.3) is 5.82 Å². The minimum atomic E-state index is -0.542. The Morgan fingerprint density at radius 3 is 3.20 bits per heavy atom. The summed E-state index contributed by atoms with van der Waals surface area (Å²) in [7, 11) is 1.30. The van der Waals surface area contributed by atoms with E-state index in [1.54, 1.807) is 4.68 Å². The molecule has 1 aliphatic rings. The monoisotopic (exact) mass is 337 g/mol. The molecular formula is C13H12BrN3O3. The minimum Gasteiger partial charge on any atom is -0.493 e. The first-order valence-corrected chi connectivity index (χ1v) is 6.88. The van der Waals surface area contributed by atoms with Gasteiger partial charge in [0.05, 0.1) is 20.3 Å². The average Bonchev–Trinajstić information content (AvgIpc) is 3.06. The minimum absolute atomic E-state index is 0.0556. The second-order valence-electron chi connectivity index (χ2n) is 4.41. The number of halogens is 1. The molecule has 0 unspecified atom stereocenters. The van der Waals surface area contributed by atoms with Gasteiger partial charge >= 0.3 is 5.97 Å². The van der Waals surface area contributed by atoms with Crippen molar-refractivity contribution >= 4 is 21.9 Å². The molecule has 20 heavy (non-hydrogen) atoms. The predicted octanol–water partition coefficient (Wildman–Crippen LogP) is 1.81. The van der Waals surface area contributed by atoms with Gasteiger partial charge in [0, 0.05) is 16.5 Å². The number of benzene rings is 1. The maximum absolute atomic E-state index is 11.3. The van der Waals surface area contributed by atoms with E-state index in [1.165, 1.54) is 19.0 Å². The first kappa shape index (κ1) is 13.1. The van der Waals surface area contributed by atoms with Gasteiger partial charge < -0.3 is 9.47 Å². The molecule has 0 saturated heterocycles. The van der Waals surface area contributed by atoms with Crippen molar-refractivity contribution in [1.29, 1.82) is 0 Å². The van der Waals surface area contributed by atoms with E-state index in [0.29, 0.717) is 13.2 Å². The van der Waals surface area contributed by atoms with Gasteiger partial charge in [0.1, 0.15) is 12.1 Å². The van der Waals surface area contributed by atoms with Crippen molar-refractivity contribution in [2.24, 2.45) is 0 Å². The SMILES string of the molecule is COC(=O)c1ncn(Cc2cc(Br)cc3c2OCC3)n1. The highest BCUT2D eigenvalue weighted by Gasteiger charge is 2.18. The summed E-state index contributed by atoms with van der Waals surface area (Å²) in [6.07, 6.45) is 2.42. The van der Waals surface area contributed by atoms with Crippen LogP contribution in [0.15, 0.2) is 22.9 Å². The Labute approximate surface area is 123 Å². The molecule has 104 valence electrons. The Balaban J connectivity index is 1.88. The standard InChI is InChI=1S/C13H12BrN3O3/c1-19-13(18)12-15-7-17(16-12)6-9-5-10(14)4-8-2-3-20-11(8)9/h4-5,7H,2-3,6H2,1H3. The molecule has 0 aliphatic carbocycles. The fourth-order valence-electron chi connectivity index (χ4n) is 2.19. The number of carbonyl (C=O) groups excluding carboxylic acids is 1. The van der Waals surface area contributed by atoms with E-state index >= 15 is 0 Å². The highest BCUT2D eigenvalue weighted by Crippen LogP contribution is 2.33. The summed E-state index contributed by atoms with van der Waals surface area (Å²) in [5.74, 6) is 0.419. The Bertz CT molecular complexity index is 669. The van der Waals surface area contributed by atoms with Crippen molar-refractivity contribution in [3.8, 4) is 5.75 Å². The molecule has 0 atom stereocenters. The number of carbonyl (C=O) groups is 1. The van der Waals surface area contributed by atoms with Gasteiger partial charge in [-0.25, -0.2) is 14.5 Å². The van der Waals surface area contributed by atoms with Gasteiger partial charge in [-0.15, -0.1) is 5.10 Å². The first-order chi connectivity index (χ1) is 9.67. The lowest BCUT2D eigenvalue weighted by Gasteiger charge is -2.08. The number of esters is 1. The summed E-state index contributed by atoms with van der Waals surface area (Å²) in [4.78, 5) is 15.3. The average molecular weight is 338 g/mol. The Morgan fingerprint density at radius 1 is 1.55 bits per heavy atom. The van der Waals surface area contributed by atoms with Crippen molar-refractivity contribution in [2.45, 2.75) is 13.0 Å². The summed E-state index contributed by atoms with van der Waals surface area (Å²) in [6.45, 7) is 1.19. The molecular weight excluding hydrogens is 326 g/mol. The van der Waals surface area contributed by atoms with E-state index in [1.807, 2.05) is 6.07 Å². The highest BCUT2D eigenvalue weighted by molar-refractivity contribution is 9.10. The maximum atomic E-state index is 11.3. The topological polar surface area (TPSA) is 66.2 Å². The molecule has 0 N–H and O–H groups in total. The molecule has 1 aromatic heterocycles. The summed E-state index contributed by atoms with van der Waals surface area (Å²) < 4.78 is 12.8. The summed E-state index contributed by atoms with van der Waals surface area (Å²) in [5, 5.41) is 4.09. The third-order valence-electron chi connectivity index (χ3n) is 3.06. The molecule has 0 radical (unpaired) electrons. The normalized spacial score (nSPS) is 12.9. The molecule has 0 amide bonds. The largest absolute Gasteiger partial charge is 0.493 e. The fraction of sp³-hybridized carbons (Fsp3) is 0.308. The van der Waals surface area contributed by atoms with Crippen LogP contribution in [0, 0.1) is 0 Å². The fourth-order valence-corrected chi connectivity index (χ4v) is 2.75. The number of aromatic nitrogens is 3. The number of fused-ring (bicyclic) bond motifs is 1. The van der Waals surface area contributed by atoms with Crippen LogP contribution in [0.5, 0.6) is 5.75 Å². The number of ether oxygens (including phenoxy) is 2. The number of hydrogen-bond donors (Lipinski definition) is 0. The Hall–Kier alpha value is -1.89. The van der Waals surface area contributed by atoms with Crippen LogP contribution in [0.1, 0.15) is 21.7 Å². The van der Waals surface area contributed by atoms with E-state index in [0.717, 1.165) is 22.2 Å². The zero-order valence-corrected chi connectivity index (χ0v) is 12.4. The number of nitrogens with zero attached hydrogens (tertiary/aromatic N) is 3. The van der Waals surface area contributed by atoms with Crippen LogP contribution in [0.25, 0.3) is 0 Å². The molecule has 0 bridgehead atoms. The molecule has 2 aromatic rings. The van der Waals surface area contributed by atoms with Gasteiger partial charge in [0.2, 0.25) is 0 Å². The van der Waals surface area contributed by atoms with E-state index in [4.69, 9.17) is 4.74 Å². The number of methoxy groups -OCH3 is 1. The van der Waals surface area contributed by atoms with Crippen LogP contribution in [-0.2, 0) is 17.7 Å². The van der Waals surface area contributed by atoms with Crippen LogP contribution in [0.4, 0.5) is 0 Å². The Kier molecular flexibility index (Phi) is 3.43. The van der Waals surface area contributed by atoms with Crippen LogP contribution in [-0.4, -0.2) is 34.5 Å². The second-order valence-corrected chi connectivity index (χ2v) is 5.32. The number of rotatable bonds is 3. The zero-order chi connectivity index (χ0) is 14.1. The first-order valence-electron chi connectivity index (χ1n) is 6.09. The lowest BCUT2D eigenvalue weighted by Crippen LogP contribution is -2.07. The summed E-state index contributed by atoms with van der Waals surface area (Å²) in [5.41, 5.74) is 2.19. The summed E-state index contributed by atoms with van der Waals surface area (Å²) >= 11 is 3.49. The third-order valence-corrected chi connectivity index (χ3v) is 3.52. The van der Waals surface area contributed by atoms with Crippen molar-refractivity contribution in [1.82, 2.24) is 14.8 Å². The lowest BCUT2D eigenvalue weighted by molar-refractivity contribution is 0.0586. The smallest absolute Gasteiger partial charge is 0.377 e. The van der Waals surface area contributed by atoms with Crippen LogP contribution >= 0.6 is 15.9 Å². The molecule has 3 rings (SSSR count). The van der Waals surface area contributed by atoms with Crippen molar-refractivity contribution < 1.29 is 14.3 Å². The zero-order valence-electron chi connectivity index (χ0n) is 10.8. The molecule has 0 fully saturated rings. The highest BCUT2D eigenvalue weighted by atomic mass is 79.9. The van der Waals surface area contributed by atoms with Gasteiger partial charge in [-0.1, -0.05) is 15.9 Å². The molecule has 0 saturated carbocycles. The quantitative estimate of drug-likeness (QED) is 0.799. The van der Waals surface area contributed by atoms with Crippen LogP contribution in [0.2, 0.25) is 0 Å². The maximum Gasteiger partial charge on any atom is 0.377 e. The van der Waals surface area contributed by atoms with Crippen molar-refractivity contribution in [3.05, 3.63) is 39.9 Å². The van der Waals surface area contributed by atoms with Crippen LogP contribution in [0.3, 0.4) is 0 Å². The van der Waals surface area contributed by atoms with E-state index < -0.39 is 5.97 Å². The second kappa shape index (κ2) is 5.24. The Morgan fingerprint density at radius 2 is 2.40 bits per heavy atom. The van der Waals surface area contributed by atoms with E-state index in [2.05, 4.69) is 36.8 Å². The summed E-state index contributed by atoms with van der Waals surface area (Å²) in [6, 6.07) is 4.05. The van der Waals surface area contributed by atoms with Crippen LogP contribution < -0.4 is 4.74 Å². The van der Waals surface area contributed by atoms with Crippen molar-refractivity contribution in [3.63, 3.8) is 0 Å². The van der Waals surface area contributed by atoms with E-state index in [-0.39, 0.29) is 5.82 Å². The molecule has 2 heterocycles. The molecule has 0 spiro atoms. The molecule has 7 heteroatoms.